The predicted octanol–water partition coefficient (Wildman–Crippen LogP) is 4.90. The van der Waals surface area contributed by atoms with Gasteiger partial charge < -0.3 is 21.3 Å². The molecule has 0 bridgehead atoms. The third-order valence-corrected chi connectivity index (χ3v) is 6.81. The molecule has 3 rings (SSSR count). The lowest BCUT2D eigenvalue weighted by molar-refractivity contribution is -0.117. The van der Waals surface area contributed by atoms with Crippen molar-refractivity contribution < 1.29 is 4.79 Å². The van der Waals surface area contributed by atoms with Gasteiger partial charge in [0.05, 0.1) is 11.4 Å². The Kier molecular flexibility index (Phi) is 8.53. The number of hydrogen-bond donors (Lipinski definition) is 4. The second kappa shape index (κ2) is 11.1. The molecule has 2 aromatic rings. The lowest BCUT2D eigenvalue weighted by Gasteiger charge is -2.19. The maximum atomic E-state index is 12.3. The summed E-state index contributed by atoms with van der Waals surface area (Å²) < 4.78 is 1.79. The third kappa shape index (κ3) is 7.20. The SMILES string of the molecule is CCC(CCc1cc(NCC(C)C)c(NC(=O)C2CC2)s1)NC(=S)Nc1cc(C)nn1C. The van der Waals surface area contributed by atoms with Crippen LogP contribution in [0.5, 0.6) is 0 Å². The van der Waals surface area contributed by atoms with Gasteiger partial charge in [-0.05, 0) is 63.2 Å². The molecule has 32 heavy (non-hydrogen) atoms. The van der Waals surface area contributed by atoms with Gasteiger partial charge in [-0.25, -0.2) is 0 Å². The average molecular weight is 477 g/mol. The highest BCUT2D eigenvalue weighted by molar-refractivity contribution is 7.80. The van der Waals surface area contributed by atoms with Gasteiger partial charge in [0.15, 0.2) is 5.11 Å². The van der Waals surface area contributed by atoms with Gasteiger partial charge in [0.25, 0.3) is 0 Å². The van der Waals surface area contributed by atoms with Gasteiger partial charge in [0.2, 0.25) is 5.91 Å². The van der Waals surface area contributed by atoms with Gasteiger partial charge in [-0.15, -0.1) is 11.3 Å². The van der Waals surface area contributed by atoms with Crippen LogP contribution >= 0.6 is 23.6 Å². The fourth-order valence-electron chi connectivity index (χ4n) is 3.42. The molecule has 0 spiro atoms. The Morgan fingerprint density at radius 2 is 2.06 bits per heavy atom. The molecule has 1 unspecified atom stereocenters. The molecule has 7 nitrogen and oxygen atoms in total. The Balaban J connectivity index is 1.57. The first kappa shape index (κ1) is 24.5. The summed E-state index contributed by atoms with van der Waals surface area (Å²) in [6.07, 6.45) is 4.88. The summed E-state index contributed by atoms with van der Waals surface area (Å²) >= 11 is 7.20. The lowest BCUT2D eigenvalue weighted by Crippen LogP contribution is -2.38. The predicted molar refractivity (Wildman–Crippen MR) is 139 cm³/mol. The molecule has 1 saturated carbocycles. The van der Waals surface area contributed by atoms with E-state index < -0.39 is 0 Å². The molecule has 176 valence electrons. The van der Waals surface area contributed by atoms with Crippen molar-refractivity contribution in [1.29, 1.82) is 0 Å². The van der Waals surface area contributed by atoms with Crippen molar-refractivity contribution in [2.24, 2.45) is 18.9 Å². The van der Waals surface area contributed by atoms with Crippen LogP contribution in [0.2, 0.25) is 0 Å². The van der Waals surface area contributed by atoms with E-state index in [1.807, 2.05) is 20.0 Å². The molecule has 1 amide bonds. The summed E-state index contributed by atoms with van der Waals surface area (Å²) in [6, 6.07) is 4.43. The molecular formula is C23H36N6OS2. The molecule has 1 fully saturated rings. The highest BCUT2D eigenvalue weighted by Gasteiger charge is 2.30. The van der Waals surface area contributed by atoms with Gasteiger partial charge in [0, 0.05) is 36.5 Å². The summed E-state index contributed by atoms with van der Waals surface area (Å²) in [5.41, 5.74) is 1.99. The number of rotatable bonds is 11. The van der Waals surface area contributed by atoms with Crippen LogP contribution in [0.1, 0.15) is 57.0 Å². The van der Waals surface area contributed by atoms with Crippen LogP contribution < -0.4 is 21.3 Å². The largest absolute Gasteiger partial charge is 0.382 e. The third-order valence-electron chi connectivity index (χ3n) is 5.48. The summed E-state index contributed by atoms with van der Waals surface area (Å²) in [5.74, 6) is 1.77. The molecule has 2 aromatic heterocycles. The van der Waals surface area contributed by atoms with Crippen LogP contribution in [0.15, 0.2) is 12.1 Å². The zero-order valence-corrected chi connectivity index (χ0v) is 21.4. The lowest BCUT2D eigenvalue weighted by atomic mass is 10.1. The number of nitrogens with one attached hydrogen (secondary N) is 4. The number of anilines is 3. The van der Waals surface area contributed by atoms with Gasteiger partial charge >= 0.3 is 0 Å². The molecule has 4 N–H and O–H groups in total. The number of amides is 1. The number of carbonyl (C=O) groups is 1. The second-order valence-corrected chi connectivity index (χ2v) is 10.6. The molecule has 9 heteroatoms. The minimum absolute atomic E-state index is 0.154. The van der Waals surface area contributed by atoms with E-state index >= 15 is 0 Å². The molecular weight excluding hydrogens is 440 g/mol. The quantitative estimate of drug-likeness (QED) is 0.345. The number of nitrogens with zero attached hydrogens (tertiary/aromatic N) is 2. The van der Waals surface area contributed by atoms with Crippen molar-refractivity contribution in [1.82, 2.24) is 15.1 Å². The molecule has 1 aliphatic rings. The monoisotopic (exact) mass is 476 g/mol. The summed E-state index contributed by atoms with van der Waals surface area (Å²) in [7, 11) is 1.90. The molecule has 0 aromatic carbocycles. The number of aromatic nitrogens is 2. The van der Waals surface area contributed by atoms with Crippen LogP contribution in [-0.2, 0) is 18.3 Å². The highest BCUT2D eigenvalue weighted by Crippen LogP contribution is 2.37. The van der Waals surface area contributed by atoms with Gasteiger partial charge in [-0.3, -0.25) is 9.48 Å². The van der Waals surface area contributed by atoms with Gasteiger partial charge in [-0.2, -0.15) is 5.10 Å². The molecule has 0 aliphatic heterocycles. The van der Waals surface area contributed by atoms with Crippen LogP contribution in [-0.4, -0.2) is 33.4 Å². The molecule has 2 heterocycles. The van der Waals surface area contributed by atoms with E-state index in [-0.39, 0.29) is 17.9 Å². The van der Waals surface area contributed by atoms with Crippen LogP contribution in [0.25, 0.3) is 0 Å². The number of thiophene rings is 1. The fourth-order valence-corrected chi connectivity index (χ4v) is 4.75. The highest BCUT2D eigenvalue weighted by atomic mass is 32.1. The van der Waals surface area contributed by atoms with E-state index in [0.717, 1.165) is 60.8 Å². The summed E-state index contributed by atoms with van der Waals surface area (Å²) in [4.78, 5) is 13.6. The van der Waals surface area contributed by atoms with E-state index in [4.69, 9.17) is 12.2 Å². The Hall–Kier alpha value is -2.13. The first-order valence-corrected chi connectivity index (χ1v) is 12.7. The Morgan fingerprint density at radius 1 is 1.31 bits per heavy atom. The van der Waals surface area contributed by atoms with Crippen LogP contribution in [0, 0.1) is 18.8 Å². The fraction of sp³-hybridized carbons (Fsp3) is 0.609. The maximum Gasteiger partial charge on any atom is 0.228 e. The van der Waals surface area contributed by atoms with E-state index in [0.29, 0.717) is 11.0 Å². The first-order valence-electron chi connectivity index (χ1n) is 11.5. The Morgan fingerprint density at radius 3 is 2.66 bits per heavy atom. The van der Waals surface area contributed by atoms with Gasteiger partial charge in [0.1, 0.15) is 10.8 Å². The van der Waals surface area contributed by atoms with Crippen molar-refractivity contribution in [2.45, 2.75) is 65.8 Å². The van der Waals surface area contributed by atoms with Crippen molar-refractivity contribution in [3.05, 3.63) is 22.7 Å². The molecule has 1 atom stereocenters. The zero-order valence-electron chi connectivity index (χ0n) is 19.7. The Labute approximate surface area is 200 Å². The number of hydrogen-bond acceptors (Lipinski definition) is 5. The summed E-state index contributed by atoms with van der Waals surface area (Å²) in [6.45, 7) is 9.38. The Bertz CT molecular complexity index is 931. The van der Waals surface area contributed by atoms with Crippen molar-refractivity contribution in [2.75, 3.05) is 22.5 Å². The number of thiocarbonyl (C=S) groups is 1. The first-order chi connectivity index (χ1) is 15.2. The minimum atomic E-state index is 0.154. The van der Waals surface area contributed by atoms with Crippen LogP contribution in [0.3, 0.4) is 0 Å². The average Bonchev–Trinajstić information content (AvgIpc) is 3.44. The van der Waals surface area contributed by atoms with Crippen molar-refractivity contribution in [3.8, 4) is 0 Å². The normalized spacial score (nSPS) is 14.3. The second-order valence-electron chi connectivity index (χ2n) is 9.03. The van der Waals surface area contributed by atoms with E-state index in [1.54, 1.807) is 16.0 Å². The molecule has 0 saturated heterocycles. The number of aryl methyl sites for hydroxylation is 3. The smallest absolute Gasteiger partial charge is 0.228 e. The number of carbonyl (C=O) groups excluding carboxylic acids is 1. The summed E-state index contributed by atoms with van der Waals surface area (Å²) in [5, 5.41) is 19.2. The minimum Gasteiger partial charge on any atom is -0.382 e. The van der Waals surface area contributed by atoms with Gasteiger partial charge in [-0.1, -0.05) is 20.8 Å². The van der Waals surface area contributed by atoms with Crippen molar-refractivity contribution in [3.63, 3.8) is 0 Å². The van der Waals surface area contributed by atoms with Crippen LogP contribution in [0.4, 0.5) is 16.5 Å². The van der Waals surface area contributed by atoms with Crippen molar-refractivity contribution >= 4 is 51.1 Å². The topological polar surface area (TPSA) is 83.0 Å². The van der Waals surface area contributed by atoms with E-state index in [9.17, 15) is 4.79 Å². The molecule has 1 aliphatic carbocycles. The zero-order chi connectivity index (χ0) is 23.3. The standard InChI is InChI=1S/C23H36N6OS2/c1-6-17(25-23(31)26-20-11-15(4)28-29(20)5)9-10-18-12-19(24-13-14(2)3)22(32-18)27-21(30)16-7-8-16/h11-12,14,16-17,24H,6-10,13H2,1-5H3,(H,27,30)(H2,25,26,31). The van der Waals surface area contributed by atoms with E-state index in [1.165, 1.54) is 4.88 Å². The van der Waals surface area contributed by atoms with E-state index in [2.05, 4.69) is 53.2 Å². The maximum absolute atomic E-state index is 12.3. The molecule has 0 radical (unpaired) electrons.